The zero-order valence-electron chi connectivity index (χ0n) is 11.2. The van der Waals surface area contributed by atoms with Crippen LogP contribution in [0.3, 0.4) is 0 Å². The molecule has 0 aromatic heterocycles. The van der Waals surface area contributed by atoms with E-state index in [1.165, 1.54) is 24.9 Å². The summed E-state index contributed by atoms with van der Waals surface area (Å²) in [5, 5.41) is 8.83. The Labute approximate surface area is 114 Å². The van der Waals surface area contributed by atoms with Gasteiger partial charge in [-0.2, -0.15) is 5.26 Å². The summed E-state index contributed by atoms with van der Waals surface area (Å²) in [6.07, 6.45) is 3.75. The molecule has 3 heteroatoms. The van der Waals surface area contributed by atoms with E-state index in [9.17, 15) is 0 Å². The van der Waals surface area contributed by atoms with Crippen LogP contribution in [0, 0.1) is 23.2 Å². The van der Waals surface area contributed by atoms with Crippen molar-refractivity contribution in [1.29, 1.82) is 5.26 Å². The highest BCUT2D eigenvalue weighted by molar-refractivity contribution is 5.50. The van der Waals surface area contributed by atoms with Crippen LogP contribution in [0.4, 0.5) is 5.69 Å². The molecule has 1 atom stereocenters. The third-order valence-electron chi connectivity index (χ3n) is 4.52. The molecule has 2 fully saturated rings. The molecule has 3 rings (SSSR count). The standard InChI is InChI=1S/C16H20N2O/c17-11-13-1-3-16(4-2-13)18-8-5-15(12-18)14-6-9-19-10-7-14/h1-4,14-15H,5-10,12H2/t15-/m1/s1. The second-order valence-corrected chi connectivity index (χ2v) is 5.60. The summed E-state index contributed by atoms with van der Waals surface area (Å²) >= 11 is 0. The predicted molar refractivity (Wildman–Crippen MR) is 75.0 cm³/mol. The minimum Gasteiger partial charge on any atom is -0.381 e. The number of benzene rings is 1. The van der Waals surface area contributed by atoms with Gasteiger partial charge in [0.05, 0.1) is 11.6 Å². The van der Waals surface area contributed by atoms with E-state index in [1.807, 2.05) is 12.1 Å². The number of anilines is 1. The molecule has 0 N–H and O–H groups in total. The van der Waals surface area contributed by atoms with E-state index in [0.717, 1.165) is 43.7 Å². The van der Waals surface area contributed by atoms with Gasteiger partial charge in [0.2, 0.25) is 0 Å². The van der Waals surface area contributed by atoms with Crippen LogP contribution in [-0.2, 0) is 4.74 Å². The Morgan fingerprint density at radius 1 is 1.05 bits per heavy atom. The second-order valence-electron chi connectivity index (χ2n) is 5.60. The van der Waals surface area contributed by atoms with Gasteiger partial charge in [0.25, 0.3) is 0 Å². The largest absolute Gasteiger partial charge is 0.381 e. The van der Waals surface area contributed by atoms with Crippen LogP contribution < -0.4 is 4.90 Å². The molecular formula is C16H20N2O. The van der Waals surface area contributed by atoms with Crippen LogP contribution in [0.5, 0.6) is 0 Å². The number of nitrogens with zero attached hydrogens (tertiary/aromatic N) is 2. The molecule has 2 heterocycles. The van der Waals surface area contributed by atoms with Gasteiger partial charge < -0.3 is 9.64 Å². The molecule has 1 aromatic rings. The smallest absolute Gasteiger partial charge is 0.0991 e. The molecule has 2 aliphatic rings. The van der Waals surface area contributed by atoms with Gasteiger partial charge in [0.15, 0.2) is 0 Å². The first-order valence-electron chi connectivity index (χ1n) is 7.19. The molecule has 0 radical (unpaired) electrons. The van der Waals surface area contributed by atoms with Crippen LogP contribution >= 0.6 is 0 Å². The first-order valence-corrected chi connectivity index (χ1v) is 7.19. The van der Waals surface area contributed by atoms with Crippen molar-refractivity contribution in [3.8, 4) is 6.07 Å². The average molecular weight is 256 g/mol. The summed E-state index contributed by atoms with van der Waals surface area (Å²) in [7, 11) is 0. The van der Waals surface area contributed by atoms with Crippen LogP contribution in [0.25, 0.3) is 0 Å². The molecular weight excluding hydrogens is 236 g/mol. The summed E-state index contributed by atoms with van der Waals surface area (Å²) in [6, 6.07) is 10.1. The van der Waals surface area contributed by atoms with Gasteiger partial charge in [-0.3, -0.25) is 0 Å². The fourth-order valence-corrected chi connectivity index (χ4v) is 3.34. The second kappa shape index (κ2) is 5.63. The van der Waals surface area contributed by atoms with Gasteiger partial charge in [0, 0.05) is 32.0 Å². The van der Waals surface area contributed by atoms with Gasteiger partial charge in [0.1, 0.15) is 0 Å². The molecule has 0 spiro atoms. The van der Waals surface area contributed by atoms with Gasteiger partial charge >= 0.3 is 0 Å². The highest BCUT2D eigenvalue weighted by atomic mass is 16.5. The quantitative estimate of drug-likeness (QED) is 0.816. The number of nitriles is 1. The fourth-order valence-electron chi connectivity index (χ4n) is 3.34. The molecule has 0 aliphatic carbocycles. The van der Waals surface area contributed by atoms with E-state index >= 15 is 0 Å². The summed E-state index contributed by atoms with van der Waals surface area (Å²) < 4.78 is 5.45. The number of rotatable bonds is 2. The van der Waals surface area contributed by atoms with Crippen molar-refractivity contribution in [3.05, 3.63) is 29.8 Å². The molecule has 0 saturated carbocycles. The number of hydrogen-bond acceptors (Lipinski definition) is 3. The molecule has 19 heavy (non-hydrogen) atoms. The van der Waals surface area contributed by atoms with Gasteiger partial charge in [-0.25, -0.2) is 0 Å². The maximum Gasteiger partial charge on any atom is 0.0991 e. The zero-order valence-corrected chi connectivity index (χ0v) is 11.2. The minimum absolute atomic E-state index is 0.740. The highest BCUT2D eigenvalue weighted by Gasteiger charge is 2.30. The van der Waals surface area contributed by atoms with Crippen molar-refractivity contribution in [3.63, 3.8) is 0 Å². The number of hydrogen-bond donors (Lipinski definition) is 0. The predicted octanol–water partition coefficient (Wildman–Crippen LogP) is 2.81. The van der Waals surface area contributed by atoms with Gasteiger partial charge in [-0.15, -0.1) is 0 Å². The van der Waals surface area contributed by atoms with Crippen LogP contribution in [-0.4, -0.2) is 26.3 Å². The van der Waals surface area contributed by atoms with Crippen molar-refractivity contribution in [1.82, 2.24) is 0 Å². The average Bonchev–Trinajstić information content (AvgIpc) is 2.98. The molecule has 0 amide bonds. The molecule has 2 saturated heterocycles. The highest BCUT2D eigenvalue weighted by Crippen LogP contribution is 2.33. The third kappa shape index (κ3) is 2.74. The van der Waals surface area contributed by atoms with E-state index in [2.05, 4.69) is 23.1 Å². The lowest BCUT2D eigenvalue weighted by Crippen LogP contribution is -2.26. The Morgan fingerprint density at radius 2 is 1.79 bits per heavy atom. The Morgan fingerprint density at radius 3 is 2.47 bits per heavy atom. The summed E-state index contributed by atoms with van der Waals surface area (Å²) in [6.45, 7) is 4.19. The minimum atomic E-state index is 0.740. The summed E-state index contributed by atoms with van der Waals surface area (Å²) in [5.74, 6) is 1.66. The number of ether oxygens (including phenoxy) is 1. The third-order valence-corrected chi connectivity index (χ3v) is 4.52. The molecule has 1 aromatic carbocycles. The van der Waals surface area contributed by atoms with E-state index in [-0.39, 0.29) is 0 Å². The Balaban J connectivity index is 1.63. The topological polar surface area (TPSA) is 36.3 Å². The normalized spacial score (nSPS) is 24.4. The molecule has 3 nitrogen and oxygen atoms in total. The van der Waals surface area contributed by atoms with E-state index in [4.69, 9.17) is 10.00 Å². The Hall–Kier alpha value is -1.53. The van der Waals surface area contributed by atoms with E-state index < -0.39 is 0 Å². The van der Waals surface area contributed by atoms with Gasteiger partial charge in [-0.1, -0.05) is 0 Å². The van der Waals surface area contributed by atoms with Crippen molar-refractivity contribution in [2.24, 2.45) is 11.8 Å². The first-order chi connectivity index (χ1) is 9.36. The molecule has 0 bridgehead atoms. The van der Waals surface area contributed by atoms with Crippen LogP contribution in [0.1, 0.15) is 24.8 Å². The van der Waals surface area contributed by atoms with Crippen molar-refractivity contribution in [2.75, 3.05) is 31.2 Å². The van der Waals surface area contributed by atoms with E-state index in [0.29, 0.717) is 0 Å². The lowest BCUT2D eigenvalue weighted by molar-refractivity contribution is 0.0500. The molecule has 100 valence electrons. The maximum atomic E-state index is 8.83. The van der Waals surface area contributed by atoms with E-state index in [1.54, 1.807) is 0 Å². The van der Waals surface area contributed by atoms with Crippen molar-refractivity contribution < 1.29 is 4.74 Å². The van der Waals surface area contributed by atoms with Crippen molar-refractivity contribution >= 4 is 5.69 Å². The first kappa shape index (κ1) is 12.5. The monoisotopic (exact) mass is 256 g/mol. The zero-order chi connectivity index (χ0) is 13.1. The lowest BCUT2D eigenvalue weighted by Gasteiger charge is -2.28. The Kier molecular flexibility index (Phi) is 3.70. The SMILES string of the molecule is N#Cc1ccc(N2CC[C@@H](C3CCOCC3)C2)cc1. The summed E-state index contributed by atoms with van der Waals surface area (Å²) in [4.78, 5) is 2.46. The lowest BCUT2D eigenvalue weighted by atomic mass is 9.85. The van der Waals surface area contributed by atoms with Crippen molar-refractivity contribution in [2.45, 2.75) is 19.3 Å². The molecule has 0 unspecified atom stereocenters. The molecule has 2 aliphatic heterocycles. The van der Waals surface area contributed by atoms with Crippen LogP contribution in [0.15, 0.2) is 24.3 Å². The summed E-state index contributed by atoms with van der Waals surface area (Å²) in [5.41, 5.74) is 2.00. The fraction of sp³-hybridized carbons (Fsp3) is 0.562. The Bertz CT molecular complexity index is 457. The van der Waals surface area contributed by atoms with Crippen LogP contribution in [0.2, 0.25) is 0 Å². The maximum absolute atomic E-state index is 8.83. The van der Waals surface area contributed by atoms with Gasteiger partial charge in [-0.05, 0) is 55.4 Å².